The van der Waals surface area contributed by atoms with Crippen molar-refractivity contribution in [1.29, 1.82) is 0 Å². The number of fused-ring (bicyclic) bond motifs is 1. The van der Waals surface area contributed by atoms with Crippen LogP contribution in [0.15, 0.2) is 77.7 Å². The quantitative estimate of drug-likeness (QED) is 0.177. The molecule has 1 heterocycles. The zero-order chi connectivity index (χ0) is 34.0. The van der Waals surface area contributed by atoms with Gasteiger partial charge in [0, 0.05) is 18.3 Å². The molecule has 0 aliphatic carbocycles. The number of para-hydroxylation sites is 1. The normalized spacial score (nSPS) is 15.5. The highest BCUT2D eigenvalue weighted by atomic mass is 32.2. The number of carboxylic acids is 1. The van der Waals surface area contributed by atoms with Crippen LogP contribution < -0.4 is 25.0 Å². The summed E-state index contributed by atoms with van der Waals surface area (Å²) in [6.45, 7) is 5.31. The first-order valence-electron chi connectivity index (χ1n) is 16.0. The lowest BCUT2D eigenvalue weighted by Crippen LogP contribution is -2.53. The predicted molar refractivity (Wildman–Crippen MR) is 180 cm³/mol. The fourth-order valence-electron chi connectivity index (χ4n) is 5.81. The van der Waals surface area contributed by atoms with E-state index in [4.69, 9.17) is 9.84 Å². The standard InChI is InChI=1S/C35H44N4O7S/c1-4-6-18-35(19-7-5-2)24-39(27-16-12-9-13-17-27)28-20-25(3)29(21-30(28)47(44,45)38-35)46-23-31(40)37-33(26-14-10-8-11-15-26)34(43)36-22-32(41)42/h8-17,20-21,33,38H,4-7,18-19,22-24H2,1-3H3,(H,36,43)(H,37,40)(H,41,42). The number of anilines is 2. The molecule has 12 heteroatoms. The van der Waals surface area contributed by atoms with E-state index >= 15 is 0 Å². The Morgan fingerprint density at radius 3 is 2.19 bits per heavy atom. The number of ether oxygens (including phenoxy) is 1. The first-order chi connectivity index (χ1) is 22.5. The van der Waals surface area contributed by atoms with Crippen LogP contribution in [0.5, 0.6) is 5.75 Å². The summed E-state index contributed by atoms with van der Waals surface area (Å²) >= 11 is 0. The van der Waals surface area contributed by atoms with Gasteiger partial charge in [-0.05, 0) is 49.1 Å². The third-order valence-electron chi connectivity index (χ3n) is 8.21. The van der Waals surface area contributed by atoms with Crippen molar-refractivity contribution in [2.75, 3.05) is 24.6 Å². The number of hydrogen-bond acceptors (Lipinski definition) is 7. The number of carbonyl (C=O) groups is 3. The third kappa shape index (κ3) is 9.11. The topological polar surface area (TPSA) is 154 Å². The number of nitrogens with zero attached hydrogens (tertiary/aromatic N) is 1. The van der Waals surface area contributed by atoms with Crippen molar-refractivity contribution in [3.63, 3.8) is 0 Å². The SMILES string of the molecule is CCCCC1(CCCC)CN(c2ccccc2)c2cc(C)c(OCC(=O)NC(C(=O)NCC(=O)O)c3ccccc3)cc2S(=O)(=O)N1. The van der Waals surface area contributed by atoms with Gasteiger partial charge in [-0.15, -0.1) is 0 Å². The molecule has 252 valence electrons. The lowest BCUT2D eigenvalue weighted by Gasteiger charge is -2.37. The molecule has 0 bridgehead atoms. The van der Waals surface area contributed by atoms with Crippen LogP contribution in [0, 0.1) is 6.92 Å². The molecule has 11 nitrogen and oxygen atoms in total. The van der Waals surface area contributed by atoms with E-state index in [0.717, 1.165) is 31.4 Å². The Bertz CT molecular complexity index is 1640. The molecule has 3 aromatic carbocycles. The molecule has 1 atom stereocenters. The highest BCUT2D eigenvalue weighted by molar-refractivity contribution is 7.89. The van der Waals surface area contributed by atoms with E-state index in [1.807, 2.05) is 30.3 Å². The van der Waals surface area contributed by atoms with E-state index in [9.17, 15) is 22.8 Å². The van der Waals surface area contributed by atoms with Gasteiger partial charge in [0.05, 0.1) is 11.2 Å². The third-order valence-corrected chi connectivity index (χ3v) is 9.81. The maximum atomic E-state index is 14.1. The first-order valence-corrected chi connectivity index (χ1v) is 17.4. The van der Waals surface area contributed by atoms with Gasteiger partial charge in [-0.3, -0.25) is 14.4 Å². The van der Waals surface area contributed by atoms with Gasteiger partial charge in [-0.25, -0.2) is 13.1 Å². The summed E-state index contributed by atoms with van der Waals surface area (Å²) in [4.78, 5) is 39.0. The molecule has 0 saturated heterocycles. The second-order valence-electron chi connectivity index (χ2n) is 11.9. The molecule has 2 amide bonds. The number of aliphatic carboxylic acids is 1. The maximum absolute atomic E-state index is 14.1. The van der Waals surface area contributed by atoms with E-state index in [0.29, 0.717) is 36.2 Å². The average molecular weight is 665 g/mol. The number of nitrogens with one attached hydrogen (secondary N) is 3. The van der Waals surface area contributed by atoms with Crippen LogP contribution in [0.1, 0.15) is 69.5 Å². The van der Waals surface area contributed by atoms with Gasteiger partial charge in [-0.1, -0.05) is 88.1 Å². The smallest absolute Gasteiger partial charge is 0.322 e. The Labute approximate surface area is 276 Å². The predicted octanol–water partition coefficient (Wildman–Crippen LogP) is 4.98. The first kappa shape index (κ1) is 35.4. The number of aryl methyl sites for hydroxylation is 1. The van der Waals surface area contributed by atoms with E-state index in [1.54, 1.807) is 43.3 Å². The summed E-state index contributed by atoms with van der Waals surface area (Å²) < 4.78 is 37.3. The highest BCUT2D eigenvalue weighted by Crippen LogP contribution is 2.42. The Kier molecular flexibility index (Phi) is 12.0. The Morgan fingerprint density at radius 1 is 0.979 bits per heavy atom. The summed E-state index contributed by atoms with van der Waals surface area (Å²) in [7, 11) is -4.02. The molecule has 0 saturated carbocycles. The number of carboxylic acid groups (broad SMARTS) is 1. The molecule has 0 radical (unpaired) electrons. The largest absolute Gasteiger partial charge is 0.483 e. The van der Waals surface area contributed by atoms with Crippen molar-refractivity contribution in [1.82, 2.24) is 15.4 Å². The van der Waals surface area contributed by atoms with E-state index in [2.05, 4.69) is 34.1 Å². The van der Waals surface area contributed by atoms with E-state index in [-0.39, 0.29) is 10.6 Å². The molecule has 4 N–H and O–H groups in total. The van der Waals surface area contributed by atoms with E-state index < -0.39 is 52.5 Å². The lowest BCUT2D eigenvalue weighted by molar-refractivity contribution is -0.138. The number of carbonyl (C=O) groups excluding carboxylic acids is 2. The Hall–Kier alpha value is -4.42. The van der Waals surface area contributed by atoms with Gasteiger partial charge in [-0.2, -0.15) is 0 Å². The van der Waals surface area contributed by atoms with Gasteiger partial charge < -0.3 is 25.4 Å². The molecule has 0 fully saturated rings. The van der Waals surface area contributed by atoms with Gasteiger partial charge >= 0.3 is 5.97 Å². The van der Waals surface area contributed by atoms with Gasteiger partial charge in [0.15, 0.2) is 6.61 Å². The van der Waals surface area contributed by atoms with Crippen molar-refractivity contribution < 1.29 is 32.6 Å². The molecule has 3 aromatic rings. The highest BCUT2D eigenvalue weighted by Gasteiger charge is 2.42. The van der Waals surface area contributed by atoms with Crippen LogP contribution in [0.25, 0.3) is 0 Å². The van der Waals surface area contributed by atoms with Crippen LogP contribution >= 0.6 is 0 Å². The number of benzene rings is 3. The lowest BCUT2D eigenvalue weighted by atomic mass is 9.87. The van der Waals surface area contributed by atoms with Crippen LogP contribution in [0.4, 0.5) is 11.4 Å². The Balaban J connectivity index is 1.65. The van der Waals surface area contributed by atoms with Crippen molar-refractivity contribution in [3.8, 4) is 5.75 Å². The maximum Gasteiger partial charge on any atom is 0.322 e. The summed E-state index contributed by atoms with van der Waals surface area (Å²) in [5.41, 5.74) is 1.78. The molecule has 0 spiro atoms. The number of sulfonamides is 1. The van der Waals surface area contributed by atoms with Crippen LogP contribution in [0.3, 0.4) is 0 Å². The monoisotopic (exact) mass is 664 g/mol. The molecular weight excluding hydrogens is 620 g/mol. The molecule has 4 rings (SSSR count). The summed E-state index contributed by atoms with van der Waals surface area (Å²) in [6, 6.07) is 20.2. The average Bonchev–Trinajstić information content (AvgIpc) is 3.15. The van der Waals surface area contributed by atoms with Crippen LogP contribution in [-0.4, -0.2) is 56.5 Å². The number of hydrogen-bond donors (Lipinski definition) is 4. The fourth-order valence-corrected chi connectivity index (χ4v) is 7.46. The Morgan fingerprint density at radius 2 is 1.60 bits per heavy atom. The summed E-state index contributed by atoms with van der Waals surface area (Å²) in [5.74, 6) is -2.36. The summed E-state index contributed by atoms with van der Waals surface area (Å²) in [6.07, 6.45) is 4.97. The molecule has 1 unspecified atom stereocenters. The number of rotatable bonds is 15. The van der Waals surface area contributed by atoms with Crippen molar-refractivity contribution in [3.05, 3.63) is 83.9 Å². The van der Waals surface area contributed by atoms with Crippen molar-refractivity contribution >= 4 is 39.2 Å². The van der Waals surface area contributed by atoms with Crippen LogP contribution in [0.2, 0.25) is 0 Å². The molecule has 1 aliphatic rings. The number of unbranched alkanes of at least 4 members (excludes halogenated alkanes) is 2. The number of amides is 2. The summed E-state index contributed by atoms with van der Waals surface area (Å²) in [5, 5.41) is 13.9. The minimum Gasteiger partial charge on any atom is -0.483 e. The molecule has 47 heavy (non-hydrogen) atoms. The zero-order valence-corrected chi connectivity index (χ0v) is 27.9. The minimum absolute atomic E-state index is 0.0486. The van der Waals surface area contributed by atoms with Gasteiger partial charge in [0.25, 0.3) is 5.91 Å². The van der Waals surface area contributed by atoms with Crippen molar-refractivity contribution in [2.24, 2.45) is 0 Å². The van der Waals surface area contributed by atoms with E-state index in [1.165, 1.54) is 6.07 Å². The minimum atomic E-state index is -4.02. The molecular formula is C35H44N4O7S. The second-order valence-corrected chi connectivity index (χ2v) is 13.6. The van der Waals surface area contributed by atoms with Gasteiger partial charge in [0.2, 0.25) is 15.9 Å². The fraction of sp³-hybridized carbons (Fsp3) is 0.400. The zero-order valence-electron chi connectivity index (χ0n) is 27.1. The molecule has 1 aliphatic heterocycles. The van der Waals surface area contributed by atoms with Crippen molar-refractivity contribution in [2.45, 2.75) is 75.8 Å². The molecule has 0 aromatic heterocycles. The van der Waals surface area contributed by atoms with Gasteiger partial charge in [0.1, 0.15) is 23.2 Å². The second kappa shape index (κ2) is 15.9. The van der Waals surface area contributed by atoms with Crippen LogP contribution in [-0.2, 0) is 24.4 Å².